The molecule has 0 spiro atoms. The zero-order chi connectivity index (χ0) is 14.7. The van der Waals surface area contributed by atoms with Crippen molar-refractivity contribution < 1.29 is 0 Å². The summed E-state index contributed by atoms with van der Waals surface area (Å²) in [6, 6.07) is 13.4. The molecule has 0 saturated heterocycles. The largest absolute Gasteiger partial charge is 0.389 e. The molecule has 0 aliphatic carbocycles. The third-order valence-corrected chi connectivity index (χ3v) is 3.75. The van der Waals surface area contributed by atoms with Crippen molar-refractivity contribution >= 4 is 46.1 Å². The maximum absolute atomic E-state index is 6.18. The molecule has 2 aromatic rings. The van der Waals surface area contributed by atoms with Gasteiger partial charge in [-0.05, 0) is 29.8 Å². The third-order valence-electron chi connectivity index (χ3n) is 2.98. The van der Waals surface area contributed by atoms with E-state index in [1.807, 2.05) is 43.4 Å². The molecule has 2 aromatic carbocycles. The Morgan fingerprint density at radius 3 is 2.40 bits per heavy atom. The summed E-state index contributed by atoms with van der Waals surface area (Å²) in [5.74, 6) is 0. The number of nitrogens with zero attached hydrogens (tertiary/aromatic N) is 1. The Kier molecular flexibility index (Phi) is 4.86. The fourth-order valence-electron chi connectivity index (χ4n) is 2.02. The molecule has 2 N–H and O–H groups in total. The first-order valence-electron chi connectivity index (χ1n) is 6.03. The van der Waals surface area contributed by atoms with Crippen LogP contribution in [0.4, 0.5) is 5.69 Å². The fraction of sp³-hybridized carbons (Fsp3) is 0.133. The molecule has 0 aromatic heterocycles. The van der Waals surface area contributed by atoms with Crippen LogP contribution in [0.25, 0.3) is 0 Å². The van der Waals surface area contributed by atoms with E-state index in [4.69, 9.17) is 41.2 Å². The molecule has 0 aliphatic rings. The summed E-state index contributed by atoms with van der Waals surface area (Å²) in [5.41, 5.74) is 8.54. The quantitative estimate of drug-likeness (QED) is 0.852. The monoisotopic (exact) mass is 324 g/mol. The zero-order valence-electron chi connectivity index (χ0n) is 10.9. The normalized spacial score (nSPS) is 10.3. The van der Waals surface area contributed by atoms with Crippen molar-refractivity contribution in [2.75, 3.05) is 11.9 Å². The predicted molar refractivity (Wildman–Crippen MR) is 90.9 cm³/mol. The lowest BCUT2D eigenvalue weighted by Gasteiger charge is -2.23. The second-order valence-corrected chi connectivity index (χ2v) is 5.76. The van der Waals surface area contributed by atoms with Gasteiger partial charge in [0.1, 0.15) is 4.99 Å². The number of thiocarbonyl (C=S) groups is 1. The van der Waals surface area contributed by atoms with E-state index in [1.165, 1.54) is 0 Å². The predicted octanol–water partition coefficient (Wildman–Crippen LogP) is 4.26. The van der Waals surface area contributed by atoms with E-state index >= 15 is 0 Å². The average molecular weight is 325 g/mol. The van der Waals surface area contributed by atoms with Gasteiger partial charge in [0.25, 0.3) is 0 Å². The molecule has 0 unspecified atom stereocenters. The molecule has 0 fully saturated rings. The van der Waals surface area contributed by atoms with E-state index in [0.717, 1.165) is 16.3 Å². The Bertz CT molecular complexity index is 626. The van der Waals surface area contributed by atoms with Gasteiger partial charge in [0, 0.05) is 24.3 Å². The van der Waals surface area contributed by atoms with Crippen LogP contribution in [-0.2, 0) is 6.54 Å². The summed E-state index contributed by atoms with van der Waals surface area (Å²) in [7, 11) is 1.97. The van der Waals surface area contributed by atoms with Crippen LogP contribution < -0.4 is 10.6 Å². The smallest absolute Gasteiger partial charge is 0.107 e. The lowest BCUT2D eigenvalue weighted by molar-refractivity contribution is 0.922. The van der Waals surface area contributed by atoms with Gasteiger partial charge in [0.15, 0.2) is 0 Å². The first-order valence-corrected chi connectivity index (χ1v) is 7.19. The number of benzene rings is 2. The lowest BCUT2D eigenvalue weighted by Crippen LogP contribution is -2.21. The summed E-state index contributed by atoms with van der Waals surface area (Å²) in [6.07, 6.45) is 0. The first kappa shape index (κ1) is 15.1. The molecule has 0 heterocycles. The van der Waals surface area contributed by atoms with Gasteiger partial charge in [0.2, 0.25) is 0 Å². The van der Waals surface area contributed by atoms with E-state index in [0.29, 0.717) is 22.1 Å². The van der Waals surface area contributed by atoms with E-state index in [-0.39, 0.29) is 0 Å². The highest BCUT2D eigenvalue weighted by Gasteiger charge is 2.13. The molecule has 0 aliphatic heterocycles. The molecular formula is C15H14Cl2N2S. The molecule has 0 amide bonds. The summed E-state index contributed by atoms with van der Waals surface area (Å²) < 4.78 is 0. The van der Waals surface area contributed by atoms with E-state index < -0.39 is 0 Å². The van der Waals surface area contributed by atoms with Gasteiger partial charge in [-0.1, -0.05) is 53.6 Å². The number of halogens is 2. The molecule has 5 heteroatoms. The molecular weight excluding hydrogens is 311 g/mol. The number of hydrogen-bond acceptors (Lipinski definition) is 2. The van der Waals surface area contributed by atoms with Gasteiger partial charge >= 0.3 is 0 Å². The van der Waals surface area contributed by atoms with Crippen molar-refractivity contribution in [3.8, 4) is 0 Å². The van der Waals surface area contributed by atoms with Crippen LogP contribution in [-0.4, -0.2) is 12.0 Å². The second kappa shape index (κ2) is 6.44. The SMILES string of the molecule is CN(Cc1ccc(Cl)cc1)c1cccc(Cl)c1C(N)=S. The van der Waals surface area contributed by atoms with Crippen molar-refractivity contribution in [1.29, 1.82) is 0 Å². The van der Waals surface area contributed by atoms with Gasteiger partial charge in [-0.2, -0.15) is 0 Å². The molecule has 0 radical (unpaired) electrons. The number of anilines is 1. The van der Waals surface area contributed by atoms with Crippen LogP contribution in [0.15, 0.2) is 42.5 Å². The van der Waals surface area contributed by atoms with E-state index in [9.17, 15) is 0 Å². The van der Waals surface area contributed by atoms with Crippen molar-refractivity contribution in [2.45, 2.75) is 6.54 Å². The zero-order valence-corrected chi connectivity index (χ0v) is 13.3. The highest BCUT2D eigenvalue weighted by molar-refractivity contribution is 7.80. The van der Waals surface area contributed by atoms with Crippen molar-refractivity contribution in [3.63, 3.8) is 0 Å². The van der Waals surface area contributed by atoms with E-state index in [2.05, 4.69) is 4.90 Å². The Labute approximate surface area is 134 Å². The Balaban J connectivity index is 2.29. The summed E-state index contributed by atoms with van der Waals surface area (Å²) >= 11 is 17.2. The summed E-state index contributed by atoms with van der Waals surface area (Å²) in [4.78, 5) is 2.36. The number of rotatable bonds is 4. The van der Waals surface area contributed by atoms with Gasteiger partial charge in [0.05, 0.1) is 10.6 Å². The summed E-state index contributed by atoms with van der Waals surface area (Å²) in [6.45, 7) is 0.715. The van der Waals surface area contributed by atoms with Gasteiger partial charge in [-0.15, -0.1) is 0 Å². The van der Waals surface area contributed by atoms with Crippen LogP contribution in [0.3, 0.4) is 0 Å². The first-order chi connectivity index (χ1) is 9.49. The highest BCUT2D eigenvalue weighted by Crippen LogP contribution is 2.28. The minimum atomic E-state index is 0.300. The van der Waals surface area contributed by atoms with Crippen LogP contribution in [0.1, 0.15) is 11.1 Å². The minimum Gasteiger partial charge on any atom is -0.389 e. The molecule has 2 rings (SSSR count). The van der Waals surface area contributed by atoms with Crippen molar-refractivity contribution in [3.05, 3.63) is 63.6 Å². The Morgan fingerprint density at radius 1 is 1.15 bits per heavy atom. The second-order valence-electron chi connectivity index (χ2n) is 4.48. The number of nitrogens with two attached hydrogens (primary N) is 1. The van der Waals surface area contributed by atoms with Crippen LogP contribution in [0, 0.1) is 0 Å². The molecule has 20 heavy (non-hydrogen) atoms. The molecule has 0 atom stereocenters. The Hall–Kier alpha value is -1.29. The molecule has 2 nitrogen and oxygen atoms in total. The highest BCUT2D eigenvalue weighted by atomic mass is 35.5. The van der Waals surface area contributed by atoms with Crippen molar-refractivity contribution in [2.24, 2.45) is 5.73 Å². The molecule has 0 bridgehead atoms. The average Bonchev–Trinajstić information content (AvgIpc) is 2.40. The van der Waals surface area contributed by atoms with E-state index in [1.54, 1.807) is 6.07 Å². The van der Waals surface area contributed by atoms with Crippen molar-refractivity contribution in [1.82, 2.24) is 0 Å². The lowest BCUT2D eigenvalue weighted by atomic mass is 10.1. The van der Waals surface area contributed by atoms with Crippen LogP contribution >= 0.6 is 35.4 Å². The maximum atomic E-state index is 6.18. The summed E-state index contributed by atoms with van der Waals surface area (Å²) in [5, 5.41) is 1.29. The topological polar surface area (TPSA) is 29.3 Å². The van der Waals surface area contributed by atoms with Gasteiger partial charge in [-0.25, -0.2) is 0 Å². The molecule has 104 valence electrons. The Morgan fingerprint density at radius 2 is 1.80 bits per heavy atom. The standard InChI is InChI=1S/C15H14Cl2N2S/c1-19(9-10-5-7-11(16)8-6-10)13-4-2-3-12(17)14(13)15(18)20/h2-8H,9H2,1H3,(H2,18,20). The molecule has 0 saturated carbocycles. The fourth-order valence-corrected chi connectivity index (χ4v) is 2.69. The van der Waals surface area contributed by atoms with Gasteiger partial charge < -0.3 is 10.6 Å². The number of hydrogen-bond donors (Lipinski definition) is 1. The third kappa shape index (κ3) is 3.42. The van der Waals surface area contributed by atoms with Gasteiger partial charge in [-0.3, -0.25) is 0 Å². The van der Waals surface area contributed by atoms with Crippen LogP contribution in [0.2, 0.25) is 10.0 Å². The van der Waals surface area contributed by atoms with Crippen LogP contribution in [0.5, 0.6) is 0 Å². The maximum Gasteiger partial charge on any atom is 0.107 e. The minimum absolute atomic E-state index is 0.300.